The van der Waals surface area contributed by atoms with E-state index in [1.54, 1.807) is 7.05 Å². The molecule has 0 saturated heterocycles. The van der Waals surface area contributed by atoms with Crippen molar-refractivity contribution in [3.8, 4) is 11.8 Å². The zero-order chi connectivity index (χ0) is 13.5. The quantitative estimate of drug-likeness (QED) is 0.614. The van der Waals surface area contributed by atoms with E-state index in [1.165, 1.54) is 0 Å². The molecule has 0 bridgehead atoms. The van der Waals surface area contributed by atoms with E-state index in [-0.39, 0.29) is 18.0 Å². The summed E-state index contributed by atoms with van der Waals surface area (Å²) >= 11 is 0. The maximum absolute atomic E-state index is 13.0. The van der Waals surface area contributed by atoms with Gasteiger partial charge in [-0.3, -0.25) is 10.1 Å². The van der Waals surface area contributed by atoms with Gasteiger partial charge in [-0.1, -0.05) is 0 Å². The molecule has 0 aliphatic rings. The molecule has 0 heterocycles. The molecule has 0 amide bonds. The van der Waals surface area contributed by atoms with Crippen molar-refractivity contribution in [1.29, 1.82) is 5.26 Å². The van der Waals surface area contributed by atoms with E-state index in [4.69, 9.17) is 10.00 Å². The average Bonchev–Trinajstić information content (AvgIpc) is 2.34. The van der Waals surface area contributed by atoms with Gasteiger partial charge in [-0.25, -0.2) is 4.39 Å². The van der Waals surface area contributed by atoms with Crippen LogP contribution in [0, 0.1) is 27.3 Å². The van der Waals surface area contributed by atoms with Crippen molar-refractivity contribution in [2.75, 3.05) is 13.7 Å². The lowest BCUT2D eigenvalue weighted by atomic mass is 10.2. The van der Waals surface area contributed by atoms with Gasteiger partial charge >= 0.3 is 5.69 Å². The highest BCUT2D eigenvalue weighted by atomic mass is 19.1. The van der Waals surface area contributed by atoms with Crippen LogP contribution < -0.4 is 10.1 Å². The summed E-state index contributed by atoms with van der Waals surface area (Å²) in [5.41, 5.74) is -0.297. The molecule has 1 N–H and O–H groups in total. The summed E-state index contributed by atoms with van der Waals surface area (Å²) in [4.78, 5) is 10.0. The highest BCUT2D eigenvalue weighted by Gasteiger charge is 2.16. The summed E-state index contributed by atoms with van der Waals surface area (Å²) in [6.45, 7) is 0.0867. The first-order valence-corrected chi connectivity index (χ1v) is 5.22. The Morgan fingerprint density at radius 2 is 2.39 bits per heavy atom. The van der Waals surface area contributed by atoms with E-state index in [0.717, 1.165) is 18.2 Å². The Morgan fingerprint density at radius 1 is 1.67 bits per heavy atom. The zero-order valence-electron chi connectivity index (χ0n) is 9.72. The molecule has 1 aromatic carbocycles. The number of rotatable bonds is 6. The number of halogens is 1. The van der Waals surface area contributed by atoms with Crippen LogP contribution in [0.25, 0.3) is 0 Å². The largest absolute Gasteiger partial charge is 0.487 e. The second kappa shape index (κ2) is 6.51. The summed E-state index contributed by atoms with van der Waals surface area (Å²) in [7, 11) is 1.62. The SMILES string of the molecule is CNC(C#N)CCOc1cc(F)ccc1[N+](=O)[O-]. The van der Waals surface area contributed by atoms with Crippen LogP contribution in [0.15, 0.2) is 18.2 Å². The summed E-state index contributed by atoms with van der Waals surface area (Å²) < 4.78 is 18.1. The fraction of sp³-hybridized carbons (Fsp3) is 0.364. The van der Waals surface area contributed by atoms with Gasteiger partial charge in [0.15, 0.2) is 5.75 Å². The molecule has 0 fully saturated rings. The second-order valence-electron chi connectivity index (χ2n) is 3.48. The molecule has 18 heavy (non-hydrogen) atoms. The first-order valence-electron chi connectivity index (χ1n) is 5.22. The molecule has 6 nitrogen and oxygen atoms in total. The van der Waals surface area contributed by atoms with Crippen molar-refractivity contribution < 1.29 is 14.1 Å². The van der Waals surface area contributed by atoms with Crippen molar-refractivity contribution in [2.45, 2.75) is 12.5 Å². The molecule has 0 saturated carbocycles. The fourth-order valence-corrected chi connectivity index (χ4v) is 1.31. The van der Waals surface area contributed by atoms with Gasteiger partial charge < -0.3 is 10.1 Å². The fourth-order valence-electron chi connectivity index (χ4n) is 1.31. The number of nitrogens with zero attached hydrogens (tertiary/aromatic N) is 2. The van der Waals surface area contributed by atoms with E-state index in [1.807, 2.05) is 6.07 Å². The molecule has 96 valence electrons. The third-order valence-corrected chi connectivity index (χ3v) is 2.29. The van der Waals surface area contributed by atoms with Gasteiger partial charge in [0.2, 0.25) is 0 Å². The van der Waals surface area contributed by atoms with Crippen LogP contribution in [0.5, 0.6) is 5.75 Å². The van der Waals surface area contributed by atoms with Gasteiger partial charge in [0.05, 0.1) is 23.6 Å². The minimum Gasteiger partial charge on any atom is -0.487 e. The zero-order valence-corrected chi connectivity index (χ0v) is 9.72. The molecular formula is C11H12FN3O3. The Labute approximate surface area is 103 Å². The van der Waals surface area contributed by atoms with Gasteiger partial charge in [0.25, 0.3) is 0 Å². The molecule has 7 heteroatoms. The topological polar surface area (TPSA) is 88.2 Å². The molecular weight excluding hydrogens is 241 g/mol. The Balaban J connectivity index is 2.69. The van der Waals surface area contributed by atoms with Crippen molar-refractivity contribution >= 4 is 5.69 Å². The van der Waals surface area contributed by atoms with Crippen molar-refractivity contribution in [3.05, 3.63) is 34.1 Å². The van der Waals surface area contributed by atoms with Crippen molar-refractivity contribution in [3.63, 3.8) is 0 Å². The van der Waals surface area contributed by atoms with E-state index >= 15 is 0 Å². The Kier molecular flexibility index (Phi) is 5.02. The predicted octanol–water partition coefficient (Wildman–Crippen LogP) is 1.61. The number of nitro groups is 1. The molecule has 0 aliphatic carbocycles. The second-order valence-corrected chi connectivity index (χ2v) is 3.48. The van der Waals surface area contributed by atoms with Gasteiger partial charge in [-0.05, 0) is 13.1 Å². The number of hydrogen-bond acceptors (Lipinski definition) is 5. The van der Waals surface area contributed by atoms with Gasteiger partial charge in [0, 0.05) is 18.6 Å². The van der Waals surface area contributed by atoms with Crippen molar-refractivity contribution in [1.82, 2.24) is 5.32 Å². The average molecular weight is 253 g/mol. The van der Waals surface area contributed by atoms with Crippen LogP contribution in [0.4, 0.5) is 10.1 Å². The van der Waals surface area contributed by atoms with Crippen LogP contribution in [-0.4, -0.2) is 24.6 Å². The minimum atomic E-state index is -0.644. The number of nitriles is 1. The van der Waals surface area contributed by atoms with Crippen molar-refractivity contribution in [2.24, 2.45) is 0 Å². The molecule has 1 rings (SSSR count). The highest BCUT2D eigenvalue weighted by molar-refractivity contribution is 5.46. The number of nitro benzene ring substituents is 1. The van der Waals surface area contributed by atoms with E-state index < -0.39 is 16.8 Å². The summed E-state index contributed by atoms with van der Waals surface area (Å²) in [5, 5.41) is 22.1. The van der Waals surface area contributed by atoms with Crippen LogP contribution in [-0.2, 0) is 0 Å². The molecule has 0 aromatic heterocycles. The maximum Gasteiger partial charge on any atom is 0.311 e. The number of hydrogen-bond donors (Lipinski definition) is 1. The molecule has 1 aromatic rings. The highest BCUT2D eigenvalue weighted by Crippen LogP contribution is 2.27. The standard InChI is InChI=1S/C11H12FN3O3/c1-14-9(7-13)4-5-18-11-6-8(12)2-3-10(11)15(16)17/h2-3,6,9,14H,4-5H2,1H3. The monoisotopic (exact) mass is 253 g/mol. The number of nitrogens with one attached hydrogen (secondary N) is 1. The molecule has 0 aliphatic heterocycles. The van der Waals surface area contributed by atoms with Gasteiger partial charge in [0.1, 0.15) is 5.82 Å². The minimum absolute atomic E-state index is 0.0867. The lowest BCUT2D eigenvalue weighted by Gasteiger charge is -2.09. The predicted molar refractivity (Wildman–Crippen MR) is 61.6 cm³/mol. The molecule has 0 radical (unpaired) electrons. The molecule has 1 unspecified atom stereocenters. The number of ether oxygens (including phenoxy) is 1. The smallest absolute Gasteiger partial charge is 0.311 e. The van der Waals surface area contributed by atoms with E-state index in [0.29, 0.717) is 6.42 Å². The first-order chi connectivity index (χ1) is 8.58. The van der Waals surface area contributed by atoms with Crippen LogP contribution in [0.1, 0.15) is 6.42 Å². The molecule has 1 atom stereocenters. The van der Waals surface area contributed by atoms with Crippen LogP contribution >= 0.6 is 0 Å². The summed E-state index contributed by atoms with van der Waals surface area (Å²) in [6, 6.07) is 4.58. The van der Waals surface area contributed by atoms with Gasteiger partial charge in [-0.2, -0.15) is 5.26 Å². The van der Waals surface area contributed by atoms with E-state index in [2.05, 4.69) is 5.32 Å². The van der Waals surface area contributed by atoms with Crippen LogP contribution in [0.3, 0.4) is 0 Å². The number of benzene rings is 1. The maximum atomic E-state index is 13.0. The lowest BCUT2D eigenvalue weighted by Crippen LogP contribution is -2.25. The Hall–Kier alpha value is -2.20. The Morgan fingerprint density at radius 3 is 2.94 bits per heavy atom. The summed E-state index contributed by atoms with van der Waals surface area (Å²) in [5.74, 6) is -0.742. The first kappa shape index (κ1) is 13.9. The lowest BCUT2D eigenvalue weighted by molar-refractivity contribution is -0.385. The molecule has 0 spiro atoms. The third-order valence-electron chi connectivity index (χ3n) is 2.29. The van der Waals surface area contributed by atoms with Gasteiger partial charge in [-0.15, -0.1) is 0 Å². The third kappa shape index (κ3) is 3.68. The Bertz CT molecular complexity index is 473. The van der Waals surface area contributed by atoms with Crippen LogP contribution in [0.2, 0.25) is 0 Å². The normalized spacial score (nSPS) is 11.6. The summed E-state index contributed by atoms with van der Waals surface area (Å²) in [6.07, 6.45) is 0.348. The van der Waals surface area contributed by atoms with E-state index in [9.17, 15) is 14.5 Å².